The fourth-order valence-corrected chi connectivity index (χ4v) is 2.49. The van der Waals surface area contributed by atoms with Crippen LogP contribution in [0.4, 0.5) is 14.5 Å². The second-order valence-electron chi connectivity index (χ2n) is 5.56. The summed E-state index contributed by atoms with van der Waals surface area (Å²) in [5.74, 6) is -2.03. The van der Waals surface area contributed by atoms with Crippen LogP contribution in [0.1, 0.15) is 22.3 Å². The van der Waals surface area contributed by atoms with Crippen LogP contribution in [0.25, 0.3) is 6.08 Å². The average molecular weight is 326 g/mol. The molecule has 0 radical (unpaired) electrons. The maximum atomic E-state index is 13.7. The van der Waals surface area contributed by atoms with Crippen LogP contribution in [-0.2, 0) is 4.79 Å². The molecule has 1 amide bonds. The predicted octanol–water partition coefficient (Wildman–Crippen LogP) is 4.44. The molecule has 1 N–H and O–H groups in total. The quantitative estimate of drug-likeness (QED) is 0.670. The number of nitriles is 1. The highest BCUT2D eigenvalue weighted by Gasteiger charge is 2.14. The summed E-state index contributed by atoms with van der Waals surface area (Å²) in [7, 11) is 0. The highest BCUT2D eigenvalue weighted by Crippen LogP contribution is 2.23. The Hall–Kier alpha value is -3.00. The normalized spacial score (nSPS) is 11.1. The summed E-state index contributed by atoms with van der Waals surface area (Å²) in [6.07, 6.45) is 1.03. The van der Waals surface area contributed by atoms with Gasteiger partial charge in [-0.05, 0) is 56.2 Å². The lowest BCUT2D eigenvalue weighted by molar-refractivity contribution is -0.112. The number of nitrogens with zero attached hydrogens (tertiary/aromatic N) is 1. The van der Waals surface area contributed by atoms with Gasteiger partial charge in [-0.15, -0.1) is 0 Å². The van der Waals surface area contributed by atoms with Crippen LogP contribution in [0, 0.1) is 43.7 Å². The lowest BCUT2D eigenvalue weighted by atomic mass is 10.0. The van der Waals surface area contributed by atoms with E-state index in [0.717, 1.165) is 41.0 Å². The number of halogens is 2. The molecule has 0 aliphatic carbocycles. The zero-order valence-electron chi connectivity index (χ0n) is 13.6. The first-order valence-electron chi connectivity index (χ1n) is 7.28. The molecule has 2 aromatic rings. The van der Waals surface area contributed by atoms with Crippen LogP contribution in [0.2, 0.25) is 0 Å². The van der Waals surface area contributed by atoms with Gasteiger partial charge in [0.25, 0.3) is 5.91 Å². The van der Waals surface area contributed by atoms with Crippen molar-refractivity contribution in [2.24, 2.45) is 0 Å². The molecular formula is C19H16F2N2O. The highest BCUT2D eigenvalue weighted by atomic mass is 19.1. The Morgan fingerprint density at radius 3 is 2.33 bits per heavy atom. The molecule has 0 aliphatic rings. The van der Waals surface area contributed by atoms with Gasteiger partial charge in [-0.1, -0.05) is 17.7 Å². The lowest BCUT2D eigenvalue weighted by Crippen LogP contribution is -2.15. The number of hydrogen-bond acceptors (Lipinski definition) is 2. The van der Waals surface area contributed by atoms with Crippen LogP contribution in [0.15, 0.2) is 35.9 Å². The van der Waals surface area contributed by atoms with E-state index in [1.54, 1.807) is 6.07 Å². The molecule has 2 aromatic carbocycles. The SMILES string of the molecule is Cc1cc(C)c(NC(=O)/C(C#N)=C/c2cc(F)ccc2F)c(C)c1. The number of hydrogen-bond donors (Lipinski definition) is 1. The standard InChI is InChI=1S/C19H16F2N2O/c1-11-6-12(2)18(13(3)7-11)23-19(24)15(10-22)8-14-9-16(20)4-5-17(14)21/h4-9H,1-3H3,(H,23,24)/b15-8+. The second kappa shape index (κ2) is 7.05. The Balaban J connectivity index is 2.35. The van der Waals surface area contributed by atoms with Crippen molar-refractivity contribution in [3.8, 4) is 6.07 Å². The number of carbonyl (C=O) groups excluding carboxylic acids is 1. The van der Waals surface area contributed by atoms with Gasteiger partial charge in [0.1, 0.15) is 23.3 Å². The van der Waals surface area contributed by atoms with Crippen LogP contribution < -0.4 is 5.32 Å². The second-order valence-corrected chi connectivity index (χ2v) is 5.56. The third-order valence-electron chi connectivity index (χ3n) is 3.54. The fourth-order valence-electron chi connectivity index (χ4n) is 2.49. The largest absolute Gasteiger partial charge is 0.321 e. The molecule has 0 atom stereocenters. The Kier molecular flexibility index (Phi) is 5.10. The molecule has 0 spiro atoms. The monoisotopic (exact) mass is 326 g/mol. The van der Waals surface area contributed by atoms with Crippen molar-refractivity contribution in [1.82, 2.24) is 0 Å². The molecule has 0 aliphatic heterocycles. The molecule has 5 heteroatoms. The van der Waals surface area contributed by atoms with E-state index in [2.05, 4.69) is 5.32 Å². The minimum atomic E-state index is -0.709. The minimum Gasteiger partial charge on any atom is -0.321 e. The third kappa shape index (κ3) is 3.85. The molecule has 122 valence electrons. The number of amides is 1. The topological polar surface area (TPSA) is 52.9 Å². The molecule has 0 saturated heterocycles. The summed E-state index contributed by atoms with van der Waals surface area (Å²) in [6, 6.07) is 8.39. The Morgan fingerprint density at radius 1 is 1.12 bits per heavy atom. The molecule has 0 fully saturated rings. The summed E-state index contributed by atoms with van der Waals surface area (Å²) < 4.78 is 26.9. The number of benzene rings is 2. The lowest BCUT2D eigenvalue weighted by Gasteiger charge is -2.12. The van der Waals surface area contributed by atoms with Crippen molar-refractivity contribution in [2.45, 2.75) is 20.8 Å². The molecule has 3 nitrogen and oxygen atoms in total. The van der Waals surface area contributed by atoms with Crippen molar-refractivity contribution in [2.75, 3.05) is 5.32 Å². The number of aryl methyl sites for hydroxylation is 3. The molecule has 0 saturated carbocycles. The van der Waals surface area contributed by atoms with Crippen molar-refractivity contribution < 1.29 is 13.6 Å². The van der Waals surface area contributed by atoms with E-state index in [4.69, 9.17) is 0 Å². The number of anilines is 1. The van der Waals surface area contributed by atoms with Crippen LogP contribution in [-0.4, -0.2) is 5.91 Å². The van der Waals surface area contributed by atoms with Crippen LogP contribution in [0.5, 0.6) is 0 Å². The molecule has 24 heavy (non-hydrogen) atoms. The Bertz CT molecular complexity index is 856. The molecule has 0 heterocycles. The van der Waals surface area contributed by atoms with E-state index in [-0.39, 0.29) is 11.1 Å². The number of carbonyl (C=O) groups is 1. The van der Waals surface area contributed by atoms with E-state index in [9.17, 15) is 18.8 Å². The van der Waals surface area contributed by atoms with Gasteiger partial charge in [-0.2, -0.15) is 5.26 Å². The predicted molar refractivity (Wildman–Crippen MR) is 89.2 cm³/mol. The van der Waals surface area contributed by atoms with Crippen LogP contribution >= 0.6 is 0 Å². The van der Waals surface area contributed by atoms with Gasteiger partial charge in [0, 0.05) is 11.3 Å². The first-order valence-corrected chi connectivity index (χ1v) is 7.28. The van der Waals surface area contributed by atoms with E-state index < -0.39 is 17.5 Å². The van der Waals surface area contributed by atoms with Gasteiger partial charge in [-0.3, -0.25) is 4.79 Å². The number of rotatable bonds is 3. The minimum absolute atomic E-state index is 0.154. The highest BCUT2D eigenvalue weighted by molar-refractivity contribution is 6.10. The van der Waals surface area contributed by atoms with Crippen molar-refractivity contribution in [3.63, 3.8) is 0 Å². The van der Waals surface area contributed by atoms with Crippen molar-refractivity contribution >= 4 is 17.7 Å². The zero-order valence-corrected chi connectivity index (χ0v) is 13.6. The van der Waals surface area contributed by atoms with E-state index >= 15 is 0 Å². The van der Waals surface area contributed by atoms with E-state index in [1.807, 2.05) is 32.9 Å². The maximum Gasteiger partial charge on any atom is 0.266 e. The van der Waals surface area contributed by atoms with Gasteiger partial charge in [0.05, 0.1) is 0 Å². The summed E-state index contributed by atoms with van der Waals surface area (Å²) >= 11 is 0. The molecule has 0 aromatic heterocycles. The summed E-state index contributed by atoms with van der Waals surface area (Å²) in [4.78, 5) is 12.3. The summed E-state index contributed by atoms with van der Waals surface area (Å²) in [5.41, 5.74) is 2.91. The Morgan fingerprint density at radius 2 is 1.75 bits per heavy atom. The molecular weight excluding hydrogens is 310 g/mol. The van der Waals surface area contributed by atoms with Gasteiger partial charge >= 0.3 is 0 Å². The van der Waals surface area contributed by atoms with Gasteiger partial charge in [0.15, 0.2) is 0 Å². The zero-order chi connectivity index (χ0) is 17.9. The smallest absolute Gasteiger partial charge is 0.266 e. The first kappa shape index (κ1) is 17.4. The molecule has 0 unspecified atom stereocenters. The van der Waals surface area contributed by atoms with Crippen LogP contribution in [0.3, 0.4) is 0 Å². The molecule has 0 bridgehead atoms. The first-order chi connectivity index (χ1) is 11.3. The van der Waals surface area contributed by atoms with Gasteiger partial charge < -0.3 is 5.32 Å². The summed E-state index contributed by atoms with van der Waals surface area (Å²) in [5, 5.41) is 11.8. The third-order valence-corrected chi connectivity index (χ3v) is 3.54. The summed E-state index contributed by atoms with van der Waals surface area (Å²) in [6.45, 7) is 5.63. The van der Waals surface area contributed by atoms with Gasteiger partial charge in [0.2, 0.25) is 0 Å². The van der Waals surface area contributed by atoms with E-state index in [1.165, 1.54) is 0 Å². The maximum absolute atomic E-state index is 13.7. The fraction of sp³-hybridized carbons (Fsp3) is 0.158. The molecule has 2 rings (SSSR count). The Labute approximate surface area is 139 Å². The van der Waals surface area contributed by atoms with Crippen molar-refractivity contribution in [3.05, 3.63) is 69.8 Å². The van der Waals surface area contributed by atoms with E-state index in [0.29, 0.717) is 5.69 Å². The van der Waals surface area contributed by atoms with Crippen molar-refractivity contribution in [1.29, 1.82) is 5.26 Å². The average Bonchev–Trinajstić information content (AvgIpc) is 2.51. The van der Waals surface area contributed by atoms with Gasteiger partial charge in [-0.25, -0.2) is 8.78 Å². The number of nitrogens with one attached hydrogen (secondary N) is 1.